The van der Waals surface area contributed by atoms with Crippen LogP contribution in [-0.4, -0.2) is 10.9 Å². The van der Waals surface area contributed by atoms with E-state index in [-0.39, 0.29) is 5.91 Å². The maximum atomic E-state index is 12.3. The van der Waals surface area contributed by atoms with Gasteiger partial charge < -0.3 is 0 Å². The Bertz CT molecular complexity index is 984. The van der Waals surface area contributed by atoms with Gasteiger partial charge in [0.05, 0.1) is 11.4 Å². The second-order valence-electron chi connectivity index (χ2n) is 6.46. The SMILES string of the molecule is CC(=O)N(c1nc(CSCc2c(Cl)cccc2Cl)cs1)c1ccc(C)cc1C. The average molecular weight is 451 g/mol. The monoisotopic (exact) mass is 450 g/mol. The molecule has 3 aromatic rings. The van der Waals surface area contributed by atoms with Gasteiger partial charge in [-0.2, -0.15) is 11.8 Å². The summed E-state index contributed by atoms with van der Waals surface area (Å²) in [6.45, 7) is 5.61. The molecule has 0 spiro atoms. The van der Waals surface area contributed by atoms with Gasteiger partial charge in [-0.25, -0.2) is 4.98 Å². The molecule has 0 N–H and O–H groups in total. The van der Waals surface area contributed by atoms with Crippen LogP contribution in [0.5, 0.6) is 0 Å². The molecule has 0 aliphatic carbocycles. The third kappa shape index (κ3) is 4.90. The van der Waals surface area contributed by atoms with E-state index in [0.29, 0.717) is 20.9 Å². The lowest BCUT2D eigenvalue weighted by atomic mass is 10.1. The van der Waals surface area contributed by atoms with Crippen LogP contribution in [0.3, 0.4) is 0 Å². The Morgan fingerprint density at radius 1 is 1.14 bits per heavy atom. The first kappa shape index (κ1) is 21.2. The number of carbonyl (C=O) groups is 1. The topological polar surface area (TPSA) is 33.2 Å². The summed E-state index contributed by atoms with van der Waals surface area (Å²) >= 11 is 15.6. The normalized spacial score (nSPS) is 10.9. The first-order chi connectivity index (χ1) is 13.4. The van der Waals surface area contributed by atoms with Gasteiger partial charge in [-0.1, -0.05) is 47.0 Å². The van der Waals surface area contributed by atoms with E-state index in [1.165, 1.54) is 16.9 Å². The highest BCUT2D eigenvalue weighted by Crippen LogP contribution is 2.34. The number of amides is 1. The zero-order chi connectivity index (χ0) is 20.3. The summed E-state index contributed by atoms with van der Waals surface area (Å²) in [5.41, 5.74) is 4.96. The van der Waals surface area contributed by atoms with Crippen LogP contribution in [0.1, 0.15) is 29.3 Å². The molecule has 0 fully saturated rings. The number of thioether (sulfide) groups is 1. The molecule has 146 valence electrons. The quantitative estimate of drug-likeness (QED) is 0.398. The van der Waals surface area contributed by atoms with E-state index in [2.05, 4.69) is 11.1 Å². The van der Waals surface area contributed by atoms with Gasteiger partial charge in [-0.3, -0.25) is 9.69 Å². The summed E-state index contributed by atoms with van der Waals surface area (Å²) in [5.74, 6) is 1.37. The van der Waals surface area contributed by atoms with Crippen molar-refractivity contribution in [3.63, 3.8) is 0 Å². The molecule has 1 amide bonds. The van der Waals surface area contributed by atoms with Crippen molar-refractivity contribution in [3.8, 4) is 0 Å². The highest BCUT2D eigenvalue weighted by atomic mass is 35.5. The molecule has 28 heavy (non-hydrogen) atoms. The highest BCUT2D eigenvalue weighted by molar-refractivity contribution is 7.97. The summed E-state index contributed by atoms with van der Waals surface area (Å²) in [5, 5.41) is 4.04. The predicted molar refractivity (Wildman–Crippen MR) is 122 cm³/mol. The predicted octanol–water partition coefficient (Wildman–Crippen LogP) is 7.18. The molecule has 0 atom stereocenters. The van der Waals surface area contributed by atoms with Gasteiger partial charge in [0.25, 0.3) is 0 Å². The van der Waals surface area contributed by atoms with Crippen molar-refractivity contribution in [2.45, 2.75) is 32.3 Å². The maximum Gasteiger partial charge on any atom is 0.230 e. The van der Waals surface area contributed by atoms with E-state index >= 15 is 0 Å². The Hall–Kier alpha value is -1.53. The number of aromatic nitrogens is 1. The van der Waals surface area contributed by atoms with Crippen LogP contribution in [0, 0.1) is 13.8 Å². The lowest BCUT2D eigenvalue weighted by Gasteiger charge is -2.20. The van der Waals surface area contributed by atoms with Gasteiger partial charge >= 0.3 is 0 Å². The molecular weight excluding hydrogens is 431 g/mol. The molecule has 0 aliphatic heterocycles. The molecule has 3 rings (SSSR count). The van der Waals surface area contributed by atoms with Gasteiger partial charge in [-0.15, -0.1) is 11.3 Å². The van der Waals surface area contributed by atoms with E-state index in [1.54, 1.807) is 23.6 Å². The number of aryl methyl sites for hydroxylation is 2. The summed E-state index contributed by atoms with van der Waals surface area (Å²) in [6, 6.07) is 11.6. The van der Waals surface area contributed by atoms with Gasteiger partial charge in [0.1, 0.15) is 0 Å². The van der Waals surface area contributed by atoms with Crippen LogP contribution in [0.4, 0.5) is 10.8 Å². The van der Waals surface area contributed by atoms with Crippen LogP contribution in [-0.2, 0) is 16.3 Å². The summed E-state index contributed by atoms with van der Waals surface area (Å²) in [6.07, 6.45) is 0. The number of nitrogens with zero attached hydrogens (tertiary/aromatic N) is 2. The summed E-state index contributed by atoms with van der Waals surface area (Å²) < 4.78 is 0. The molecule has 0 radical (unpaired) electrons. The number of halogens is 2. The van der Waals surface area contributed by atoms with Crippen molar-refractivity contribution in [2.24, 2.45) is 0 Å². The molecule has 1 aromatic heterocycles. The molecule has 0 saturated carbocycles. The molecule has 0 saturated heterocycles. The fourth-order valence-corrected chi connectivity index (χ4v) is 5.51. The number of anilines is 2. The second-order valence-corrected chi connectivity index (χ2v) is 9.10. The van der Waals surface area contributed by atoms with Crippen LogP contribution in [0.25, 0.3) is 0 Å². The largest absolute Gasteiger partial charge is 0.274 e. The fraction of sp³-hybridized carbons (Fsp3) is 0.238. The average Bonchev–Trinajstić information content (AvgIpc) is 3.08. The van der Waals surface area contributed by atoms with Crippen molar-refractivity contribution in [1.82, 2.24) is 4.98 Å². The third-order valence-electron chi connectivity index (χ3n) is 4.20. The number of hydrogen-bond donors (Lipinski definition) is 0. The summed E-state index contributed by atoms with van der Waals surface area (Å²) in [7, 11) is 0. The highest BCUT2D eigenvalue weighted by Gasteiger charge is 2.19. The van der Waals surface area contributed by atoms with E-state index in [4.69, 9.17) is 23.2 Å². The Morgan fingerprint density at radius 2 is 1.86 bits per heavy atom. The molecule has 0 unspecified atom stereocenters. The number of carbonyl (C=O) groups excluding carboxylic acids is 1. The van der Waals surface area contributed by atoms with Crippen molar-refractivity contribution in [2.75, 3.05) is 4.90 Å². The third-order valence-corrected chi connectivity index (χ3v) is 6.77. The molecular formula is C21H20Cl2N2OS2. The molecule has 0 aliphatic rings. The molecule has 2 aromatic carbocycles. The second kappa shape index (κ2) is 9.31. The Labute approximate surface area is 183 Å². The van der Waals surface area contributed by atoms with E-state index in [9.17, 15) is 4.79 Å². The van der Waals surface area contributed by atoms with Crippen molar-refractivity contribution < 1.29 is 4.79 Å². The first-order valence-corrected chi connectivity index (χ1v) is 11.5. The number of hydrogen-bond acceptors (Lipinski definition) is 4. The van der Waals surface area contributed by atoms with Gasteiger partial charge in [-0.05, 0) is 43.2 Å². The van der Waals surface area contributed by atoms with Crippen molar-refractivity contribution in [1.29, 1.82) is 0 Å². The van der Waals surface area contributed by atoms with E-state index in [1.807, 2.05) is 49.6 Å². The lowest BCUT2D eigenvalue weighted by Crippen LogP contribution is -2.23. The lowest BCUT2D eigenvalue weighted by molar-refractivity contribution is -0.115. The summed E-state index contributed by atoms with van der Waals surface area (Å²) in [4.78, 5) is 18.7. The van der Waals surface area contributed by atoms with E-state index < -0.39 is 0 Å². The standard InChI is InChI=1S/C21H20Cl2N2OS2/c1-13-7-8-20(14(2)9-13)25(15(3)26)21-24-16(11-28-21)10-27-12-17-18(22)5-4-6-19(17)23/h4-9,11H,10,12H2,1-3H3. The van der Waals surface area contributed by atoms with Crippen LogP contribution in [0.15, 0.2) is 41.8 Å². The zero-order valence-electron chi connectivity index (χ0n) is 15.8. The van der Waals surface area contributed by atoms with Gasteiger partial charge in [0.2, 0.25) is 5.91 Å². The number of rotatable bonds is 6. The fourth-order valence-electron chi connectivity index (χ4n) is 2.86. The zero-order valence-corrected chi connectivity index (χ0v) is 19.0. The number of benzene rings is 2. The van der Waals surface area contributed by atoms with Crippen LogP contribution in [0.2, 0.25) is 10.0 Å². The first-order valence-electron chi connectivity index (χ1n) is 8.70. The number of thiazole rings is 1. The van der Waals surface area contributed by atoms with Gasteiger partial charge in [0.15, 0.2) is 5.13 Å². The van der Waals surface area contributed by atoms with E-state index in [0.717, 1.165) is 28.3 Å². The minimum absolute atomic E-state index is 0.0524. The molecule has 1 heterocycles. The smallest absolute Gasteiger partial charge is 0.230 e. The van der Waals surface area contributed by atoms with Crippen LogP contribution >= 0.6 is 46.3 Å². The minimum atomic E-state index is -0.0524. The van der Waals surface area contributed by atoms with Crippen LogP contribution < -0.4 is 4.90 Å². The molecule has 7 heteroatoms. The minimum Gasteiger partial charge on any atom is -0.274 e. The Morgan fingerprint density at radius 3 is 2.50 bits per heavy atom. The maximum absolute atomic E-state index is 12.3. The van der Waals surface area contributed by atoms with Crippen molar-refractivity contribution >= 4 is 63.0 Å². The molecule has 3 nitrogen and oxygen atoms in total. The Kier molecular flexibility index (Phi) is 7.05. The van der Waals surface area contributed by atoms with Crippen molar-refractivity contribution in [3.05, 3.63) is 74.2 Å². The van der Waals surface area contributed by atoms with Gasteiger partial charge in [0, 0.05) is 33.9 Å². The molecule has 0 bridgehead atoms. The Balaban J connectivity index is 1.73.